The van der Waals surface area contributed by atoms with Crippen LogP contribution in [0.25, 0.3) is 0 Å². The van der Waals surface area contributed by atoms with Crippen LogP contribution in [0.15, 0.2) is 54.6 Å². The first-order valence-electron chi connectivity index (χ1n) is 10.6. The van der Waals surface area contributed by atoms with Crippen molar-refractivity contribution in [2.45, 2.75) is 24.4 Å². The molecule has 182 valence electrons. The number of nitrogens with one attached hydrogen (secondary N) is 1. The minimum absolute atomic E-state index is 0. The number of hydrogen-bond acceptors (Lipinski definition) is 6. The molecule has 1 amide bonds. The molecule has 0 radical (unpaired) electrons. The number of halogens is 3. The summed E-state index contributed by atoms with van der Waals surface area (Å²) in [6.07, 6.45) is -2.04. The van der Waals surface area contributed by atoms with Crippen molar-refractivity contribution in [1.82, 2.24) is 10.2 Å². The van der Waals surface area contributed by atoms with E-state index in [0.29, 0.717) is 0 Å². The number of carbonyl (C=O) groups excluding carboxylic acids is 1. The van der Waals surface area contributed by atoms with Gasteiger partial charge in [0.05, 0.1) is 18.8 Å². The molecule has 7 nitrogen and oxygen atoms in total. The van der Waals surface area contributed by atoms with Gasteiger partial charge in [0.15, 0.2) is 0 Å². The lowest BCUT2D eigenvalue weighted by molar-refractivity contribution is -0.0209. The highest BCUT2D eigenvalue weighted by Gasteiger charge is 2.46. The number of hydrogen-bond donors (Lipinski definition) is 3. The molecular formula is C23H30Cl2FN3O4. The second-order valence-corrected chi connectivity index (χ2v) is 7.96. The standard InChI is InChI=1S/C23H28FN3O4.2ClH/c24-17-6-4-5-16(13-17)23(30)25-14-19-21(22(29)20(15-28)31-19)27-11-9-26(10-12-27)18-7-2-1-3-8-18;;/h1-8,13,19-22,28-29H,9-12,14-15H2,(H,25,30);2*1H/t19-,20+,21+,22-;;/m1../s1. The van der Waals surface area contributed by atoms with Crippen molar-refractivity contribution in [3.63, 3.8) is 0 Å². The smallest absolute Gasteiger partial charge is 0.251 e. The number of anilines is 1. The molecule has 4 atom stereocenters. The number of carbonyl (C=O) groups is 1. The zero-order valence-electron chi connectivity index (χ0n) is 18.0. The molecule has 0 spiro atoms. The number of para-hydroxylation sites is 1. The molecule has 0 aromatic heterocycles. The maximum Gasteiger partial charge on any atom is 0.251 e. The normalized spacial score (nSPS) is 25.1. The molecular weight excluding hydrogens is 472 g/mol. The summed E-state index contributed by atoms with van der Waals surface area (Å²) in [6.45, 7) is 2.93. The van der Waals surface area contributed by atoms with E-state index in [2.05, 4.69) is 27.2 Å². The van der Waals surface area contributed by atoms with E-state index in [1.165, 1.54) is 18.2 Å². The van der Waals surface area contributed by atoms with Gasteiger partial charge in [-0.15, -0.1) is 24.8 Å². The zero-order valence-corrected chi connectivity index (χ0v) is 19.7. The summed E-state index contributed by atoms with van der Waals surface area (Å²) in [5, 5.41) is 23.2. The van der Waals surface area contributed by atoms with E-state index in [-0.39, 0.29) is 49.6 Å². The number of aliphatic hydroxyl groups excluding tert-OH is 2. The number of benzene rings is 2. The number of rotatable bonds is 6. The molecule has 0 unspecified atom stereocenters. The molecule has 0 saturated carbocycles. The van der Waals surface area contributed by atoms with Crippen LogP contribution < -0.4 is 10.2 Å². The highest BCUT2D eigenvalue weighted by Crippen LogP contribution is 2.27. The quantitative estimate of drug-likeness (QED) is 0.558. The SMILES string of the molecule is Cl.Cl.O=C(NC[C@H]1O[C@@H](CO)[C@@H](O)[C@H]1N1CCN(c2ccccc2)CC1)c1cccc(F)c1. The Hall–Kier alpha value is -1.94. The minimum Gasteiger partial charge on any atom is -0.394 e. The van der Waals surface area contributed by atoms with Gasteiger partial charge in [-0.1, -0.05) is 24.3 Å². The fourth-order valence-electron chi connectivity index (χ4n) is 4.44. The Morgan fingerprint density at radius 2 is 1.73 bits per heavy atom. The number of amides is 1. The fourth-order valence-corrected chi connectivity index (χ4v) is 4.44. The molecule has 4 rings (SSSR count). The Morgan fingerprint density at radius 1 is 1.03 bits per heavy atom. The van der Waals surface area contributed by atoms with E-state index in [0.717, 1.165) is 31.9 Å². The molecule has 3 N–H and O–H groups in total. The highest BCUT2D eigenvalue weighted by molar-refractivity contribution is 5.94. The number of piperazine rings is 1. The summed E-state index contributed by atoms with van der Waals surface area (Å²) in [7, 11) is 0. The minimum atomic E-state index is -0.857. The Bertz CT molecular complexity index is 887. The summed E-state index contributed by atoms with van der Waals surface area (Å²) < 4.78 is 19.3. The Balaban J connectivity index is 0.00000193. The van der Waals surface area contributed by atoms with Crippen LogP contribution in [0.1, 0.15) is 10.4 Å². The third kappa shape index (κ3) is 6.35. The molecule has 10 heteroatoms. The summed E-state index contributed by atoms with van der Waals surface area (Å²) in [4.78, 5) is 16.9. The predicted molar refractivity (Wildman–Crippen MR) is 129 cm³/mol. The lowest BCUT2D eigenvalue weighted by Gasteiger charge is -2.41. The number of aliphatic hydroxyl groups is 2. The van der Waals surface area contributed by atoms with Gasteiger partial charge in [0.2, 0.25) is 0 Å². The third-order valence-electron chi connectivity index (χ3n) is 6.05. The predicted octanol–water partition coefficient (Wildman–Crippen LogP) is 1.71. The molecule has 2 aromatic carbocycles. The monoisotopic (exact) mass is 501 g/mol. The topological polar surface area (TPSA) is 85.3 Å². The Morgan fingerprint density at radius 3 is 2.36 bits per heavy atom. The van der Waals surface area contributed by atoms with Gasteiger partial charge in [0, 0.05) is 44.0 Å². The van der Waals surface area contributed by atoms with Gasteiger partial charge in [-0.25, -0.2) is 4.39 Å². The van der Waals surface area contributed by atoms with Crippen LogP contribution in [-0.4, -0.2) is 84.7 Å². The van der Waals surface area contributed by atoms with E-state index in [1.807, 2.05) is 18.2 Å². The molecule has 33 heavy (non-hydrogen) atoms. The van der Waals surface area contributed by atoms with Crippen LogP contribution in [0.4, 0.5) is 10.1 Å². The van der Waals surface area contributed by atoms with E-state index in [9.17, 15) is 19.4 Å². The fraction of sp³-hybridized carbons (Fsp3) is 0.435. The Labute approximate surface area is 205 Å². The summed E-state index contributed by atoms with van der Waals surface area (Å²) in [5.74, 6) is -0.882. The van der Waals surface area contributed by atoms with Crippen LogP contribution in [0.2, 0.25) is 0 Å². The maximum absolute atomic E-state index is 13.4. The van der Waals surface area contributed by atoms with Gasteiger partial charge in [-0.2, -0.15) is 0 Å². The molecule has 2 heterocycles. The van der Waals surface area contributed by atoms with E-state index in [1.54, 1.807) is 6.07 Å². The molecule has 2 aliphatic rings. The van der Waals surface area contributed by atoms with Crippen LogP contribution in [0.5, 0.6) is 0 Å². The Kier molecular flexibility index (Phi) is 10.3. The van der Waals surface area contributed by atoms with Crippen molar-refractivity contribution in [2.75, 3.05) is 44.2 Å². The first-order chi connectivity index (χ1) is 15.1. The second-order valence-electron chi connectivity index (χ2n) is 7.96. The van der Waals surface area contributed by atoms with Gasteiger partial charge in [0.1, 0.15) is 18.0 Å². The molecule has 2 saturated heterocycles. The summed E-state index contributed by atoms with van der Waals surface area (Å²) in [6, 6.07) is 15.3. The molecule has 2 aliphatic heterocycles. The van der Waals surface area contributed by atoms with Gasteiger partial charge >= 0.3 is 0 Å². The highest BCUT2D eigenvalue weighted by atomic mass is 35.5. The summed E-state index contributed by atoms with van der Waals surface area (Å²) >= 11 is 0. The van der Waals surface area contributed by atoms with E-state index in [4.69, 9.17) is 4.74 Å². The van der Waals surface area contributed by atoms with E-state index < -0.39 is 30.0 Å². The van der Waals surface area contributed by atoms with Crippen LogP contribution in [0, 0.1) is 5.82 Å². The van der Waals surface area contributed by atoms with Crippen LogP contribution in [0.3, 0.4) is 0 Å². The lowest BCUT2D eigenvalue weighted by atomic mass is 10.0. The van der Waals surface area contributed by atoms with Crippen molar-refractivity contribution in [3.8, 4) is 0 Å². The first kappa shape index (κ1) is 27.3. The van der Waals surface area contributed by atoms with Crippen molar-refractivity contribution >= 4 is 36.4 Å². The molecule has 0 aliphatic carbocycles. The maximum atomic E-state index is 13.4. The second kappa shape index (κ2) is 12.5. The van der Waals surface area contributed by atoms with Crippen molar-refractivity contribution < 1.29 is 24.1 Å². The molecule has 2 aromatic rings. The zero-order chi connectivity index (χ0) is 21.8. The van der Waals surface area contributed by atoms with E-state index >= 15 is 0 Å². The third-order valence-corrected chi connectivity index (χ3v) is 6.05. The number of nitrogens with zero attached hydrogens (tertiary/aromatic N) is 2. The van der Waals surface area contributed by atoms with Gasteiger partial charge in [0.25, 0.3) is 5.91 Å². The van der Waals surface area contributed by atoms with Crippen molar-refractivity contribution in [1.29, 1.82) is 0 Å². The molecule has 0 bridgehead atoms. The largest absolute Gasteiger partial charge is 0.394 e. The first-order valence-corrected chi connectivity index (χ1v) is 10.6. The lowest BCUT2D eigenvalue weighted by Crippen LogP contribution is -2.57. The van der Waals surface area contributed by atoms with Crippen molar-refractivity contribution in [2.24, 2.45) is 0 Å². The van der Waals surface area contributed by atoms with Gasteiger partial charge in [-0.05, 0) is 30.3 Å². The van der Waals surface area contributed by atoms with Crippen LogP contribution in [-0.2, 0) is 4.74 Å². The van der Waals surface area contributed by atoms with Gasteiger partial charge < -0.3 is 25.2 Å². The average Bonchev–Trinajstić information content (AvgIpc) is 3.13. The van der Waals surface area contributed by atoms with Crippen LogP contribution >= 0.6 is 24.8 Å². The number of ether oxygens (including phenoxy) is 1. The summed E-state index contributed by atoms with van der Waals surface area (Å²) in [5.41, 5.74) is 1.39. The average molecular weight is 502 g/mol. The van der Waals surface area contributed by atoms with Crippen molar-refractivity contribution in [3.05, 3.63) is 66.0 Å². The van der Waals surface area contributed by atoms with Gasteiger partial charge in [-0.3, -0.25) is 9.69 Å². The molecule has 2 fully saturated rings.